The molecule has 0 unspecified atom stereocenters. The maximum absolute atomic E-state index is 12.3. The molecule has 0 fully saturated rings. The fraction of sp³-hybridized carbons (Fsp3) is 0.222. The van der Waals surface area contributed by atoms with Gasteiger partial charge in [0, 0.05) is 17.7 Å². The Morgan fingerprint density at radius 2 is 1.96 bits per heavy atom. The molecular weight excluding hydrogens is 292 g/mol. The molecule has 1 heterocycles. The summed E-state index contributed by atoms with van der Waals surface area (Å²) >= 11 is 0. The summed E-state index contributed by atoms with van der Waals surface area (Å²) in [6.07, 6.45) is -0.214. The average molecular weight is 310 g/mol. The SMILES string of the molecule is COc1ccccc1C1=NO[C@@H](C(=O)Nc2ccc(C)cc2)C1. The van der Waals surface area contributed by atoms with Crippen LogP contribution in [0.5, 0.6) is 5.75 Å². The minimum absolute atomic E-state index is 0.206. The Morgan fingerprint density at radius 1 is 1.22 bits per heavy atom. The summed E-state index contributed by atoms with van der Waals surface area (Å²) in [5.41, 5.74) is 3.45. The molecule has 0 saturated heterocycles. The third-order valence-corrected chi connectivity index (χ3v) is 3.70. The Kier molecular flexibility index (Phi) is 4.28. The van der Waals surface area contributed by atoms with Crippen molar-refractivity contribution in [3.8, 4) is 5.75 Å². The summed E-state index contributed by atoms with van der Waals surface area (Å²) in [6.45, 7) is 2.00. The fourth-order valence-corrected chi connectivity index (χ4v) is 2.42. The minimum atomic E-state index is -0.629. The molecule has 2 aromatic carbocycles. The first-order valence-corrected chi connectivity index (χ1v) is 7.41. The number of aryl methyl sites for hydroxylation is 1. The highest BCUT2D eigenvalue weighted by atomic mass is 16.6. The number of carbonyl (C=O) groups is 1. The molecule has 0 saturated carbocycles. The average Bonchev–Trinajstić information content (AvgIpc) is 3.07. The van der Waals surface area contributed by atoms with Crippen molar-refractivity contribution < 1.29 is 14.4 Å². The molecule has 1 atom stereocenters. The summed E-state index contributed by atoms with van der Waals surface area (Å²) < 4.78 is 5.32. The number of nitrogens with zero attached hydrogens (tertiary/aromatic N) is 1. The van der Waals surface area contributed by atoms with Crippen molar-refractivity contribution in [3.05, 3.63) is 59.7 Å². The number of nitrogens with one attached hydrogen (secondary N) is 1. The Hall–Kier alpha value is -2.82. The minimum Gasteiger partial charge on any atom is -0.496 e. The van der Waals surface area contributed by atoms with Gasteiger partial charge in [0.25, 0.3) is 5.91 Å². The van der Waals surface area contributed by atoms with Gasteiger partial charge in [-0.25, -0.2) is 0 Å². The fourth-order valence-electron chi connectivity index (χ4n) is 2.42. The maximum atomic E-state index is 12.3. The number of hydrogen-bond acceptors (Lipinski definition) is 4. The summed E-state index contributed by atoms with van der Waals surface area (Å²) in [4.78, 5) is 17.6. The lowest BCUT2D eigenvalue weighted by Gasteiger charge is -2.10. The van der Waals surface area contributed by atoms with Crippen LogP contribution in [0.15, 0.2) is 53.7 Å². The first-order valence-electron chi connectivity index (χ1n) is 7.41. The molecule has 1 aliphatic rings. The second kappa shape index (κ2) is 6.52. The number of benzene rings is 2. The highest BCUT2D eigenvalue weighted by molar-refractivity contribution is 6.07. The van der Waals surface area contributed by atoms with E-state index >= 15 is 0 Å². The lowest BCUT2D eigenvalue weighted by Crippen LogP contribution is -2.28. The molecule has 2 aromatic rings. The van der Waals surface area contributed by atoms with E-state index in [1.165, 1.54) is 0 Å². The summed E-state index contributed by atoms with van der Waals surface area (Å²) in [5.74, 6) is 0.511. The van der Waals surface area contributed by atoms with Crippen LogP contribution in [0.1, 0.15) is 17.5 Å². The predicted octanol–water partition coefficient (Wildman–Crippen LogP) is 3.14. The number of anilines is 1. The third kappa shape index (κ3) is 3.34. The summed E-state index contributed by atoms with van der Waals surface area (Å²) in [5, 5.41) is 6.89. The zero-order chi connectivity index (χ0) is 16.2. The van der Waals surface area contributed by atoms with Gasteiger partial charge in [-0.2, -0.15) is 0 Å². The highest BCUT2D eigenvalue weighted by Gasteiger charge is 2.30. The number of carbonyl (C=O) groups excluding carboxylic acids is 1. The highest BCUT2D eigenvalue weighted by Crippen LogP contribution is 2.25. The van der Waals surface area contributed by atoms with E-state index in [2.05, 4.69) is 10.5 Å². The Labute approximate surface area is 134 Å². The van der Waals surface area contributed by atoms with Crippen LogP contribution in [-0.4, -0.2) is 24.8 Å². The van der Waals surface area contributed by atoms with Gasteiger partial charge in [0.2, 0.25) is 6.10 Å². The predicted molar refractivity (Wildman–Crippen MR) is 88.8 cm³/mol. The van der Waals surface area contributed by atoms with E-state index in [9.17, 15) is 4.79 Å². The number of hydrogen-bond donors (Lipinski definition) is 1. The van der Waals surface area contributed by atoms with Crippen LogP contribution in [-0.2, 0) is 9.63 Å². The zero-order valence-electron chi connectivity index (χ0n) is 13.1. The van der Waals surface area contributed by atoms with Crippen LogP contribution >= 0.6 is 0 Å². The van der Waals surface area contributed by atoms with E-state index in [1.807, 2.05) is 55.5 Å². The van der Waals surface area contributed by atoms with Crippen LogP contribution in [0, 0.1) is 6.92 Å². The number of para-hydroxylation sites is 1. The second-order valence-corrected chi connectivity index (χ2v) is 5.39. The summed E-state index contributed by atoms with van der Waals surface area (Å²) in [7, 11) is 1.61. The van der Waals surface area contributed by atoms with E-state index in [0.29, 0.717) is 12.1 Å². The lowest BCUT2D eigenvalue weighted by atomic mass is 10.0. The van der Waals surface area contributed by atoms with Crippen molar-refractivity contribution in [2.75, 3.05) is 12.4 Å². The molecule has 5 nitrogen and oxygen atoms in total. The van der Waals surface area contributed by atoms with Gasteiger partial charge in [0.1, 0.15) is 5.75 Å². The Bertz CT molecular complexity index is 738. The molecule has 0 radical (unpaired) electrons. The topological polar surface area (TPSA) is 59.9 Å². The number of rotatable bonds is 4. The van der Waals surface area contributed by atoms with Crippen molar-refractivity contribution >= 4 is 17.3 Å². The standard InChI is InChI=1S/C18H18N2O3/c1-12-7-9-13(10-8-12)19-18(21)17-11-15(20-23-17)14-5-3-4-6-16(14)22-2/h3-10,17H,11H2,1-2H3,(H,19,21)/t17-/m1/s1. The van der Waals surface area contributed by atoms with Crippen LogP contribution < -0.4 is 10.1 Å². The normalized spacial score (nSPS) is 16.4. The van der Waals surface area contributed by atoms with E-state index in [1.54, 1.807) is 7.11 Å². The quantitative estimate of drug-likeness (QED) is 0.944. The monoisotopic (exact) mass is 310 g/mol. The molecule has 0 spiro atoms. The lowest BCUT2D eigenvalue weighted by molar-refractivity contribution is -0.125. The molecule has 5 heteroatoms. The van der Waals surface area contributed by atoms with Crippen LogP contribution in [0.25, 0.3) is 0 Å². The molecule has 1 N–H and O–H groups in total. The van der Waals surface area contributed by atoms with Gasteiger partial charge in [-0.15, -0.1) is 0 Å². The molecule has 0 bridgehead atoms. The van der Waals surface area contributed by atoms with E-state index in [4.69, 9.17) is 9.57 Å². The zero-order valence-corrected chi connectivity index (χ0v) is 13.1. The van der Waals surface area contributed by atoms with Gasteiger partial charge in [-0.1, -0.05) is 35.0 Å². The molecule has 3 rings (SSSR count). The second-order valence-electron chi connectivity index (χ2n) is 5.39. The molecule has 0 aliphatic carbocycles. The van der Waals surface area contributed by atoms with Crippen molar-refractivity contribution in [1.29, 1.82) is 0 Å². The molecule has 1 amide bonds. The smallest absolute Gasteiger partial charge is 0.268 e. The largest absolute Gasteiger partial charge is 0.496 e. The van der Waals surface area contributed by atoms with E-state index in [0.717, 1.165) is 22.6 Å². The first kappa shape index (κ1) is 15.1. The third-order valence-electron chi connectivity index (χ3n) is 3.70. The van der Waals surface area contributed by atoms with Crippen LogP contribution in [0.4, 0.5) is 5.69 Å². The number of amides is 1. The maximum Gasteiger partial charge on any atom is 0.268 e. The summed E-state index contributed by atoms with van der Waals surface area (Å²) in [6, 6.07) is 15.2. The molecule has 118 valence electrons. The molecule has 23 heavy (non-hydrogen) atoms. The van der Waals surface area contributed by atoms with Crippen LogP contribution in [0.3, 0.4) is 0 Å². The van der Waals surface area contributed by atoms with E-state index in [-0.39, 0.29) is 5.91 Å². The van der Waals surface area contributed by atoms with Gasteiger partial charge in [0.05, 0.1) is 12.8 Å². The van der Waals surface area contributed by atoms with Crippen molar-refractivity contribution in [2.45, 2.75) is 19.4 Å². The van der Waals surface area contributed by atoms with Crippen LogP contribution in [0.2, 0.25) is 0 Å². The Balaban J connectivity index is 1.66. The van der Waals surface area contributed by atoms with Gasteiger partial charge in [-0.05, 0) is 31.2 Å². The Morgan fingerprint density at radius 3 is 2.70 bits per heavy atom. The van der Waals surface area contributed by atoms with Gasteiger partial charge in [-0.3, -0.25) is 4.79 Å². The number of methoxy groups -OCH3 is 1. The first-order chi connectivity index (χ1) is 11.2. The van der Waals surface area contributed by atoms with Crippen molar-refractivity contribution in [3.63, 3.8) is 0 Å². The van der Waals surface area contributed by atoms with E-state index < -0.39 is 6.10 Å². The molecule has 0 aromatic heterocycles. The van der Waals surface area contributed by atoms with Crippen molar-refractivity contribution in [1.82, 2.24) is 0 Å². The number of ether oxygens (including phenoxy) is 1. The van der Waals surface area contributed by atoms with Gasteiger partial charge >= 0.3 is 0 Å². The number of oxime groups is 1. The molecular formula is C18H18N2O3. The van der Waals surface area contributed by atoms with Gasteiger partial charge in [0.15, 0.2) is 0 Å². The molecule has 1 aliphatic heterocycles. The van der Waals surface area contributed by atoms with Crippen molar-refractivity contribution in [2.24, 2.45) is 5.16 Å². The van der Waals surface area contributed by atoms with Gasteiger partial charge < -0.3 is 14.9 Å².